The van der Waals surface area contributed by atoms with Crippen molar-refractivity contribution in [2.45, 2.75) is 39.0 Å². The van der Waals surface area contributed by atoms with Gasteiger partial charge in [0.2, 0.25) is 0 Å². The maximum Gasteiger partial charge on any atom is 0.305 e. The molecule has 0 amide bonds. The summed E-state index contributed by atoms with van der Waals surface area (Å²) in [5.41, 5.74) is 0. The van der Waals surface area contributed by atoms with Crippen molar-refractivity contribution in [2.75, 3.05) is 33.4 Å². The van der Waals surface area contributed by atoms with Crippen LogP contribution in [-0.2, 0) is 14.3 Å². The van der Waals surface area contributed by atoms with E-state index in [9.17, 15) is 4.79 Å². The Morgan fingerprint density at radius 3 is 2.62 bits per heavy atom. The quantitative estimate of drug-likeness (QED) is 0.434. The lowest BCUT2D eigenvalue weighted by molar-refractivity contribution is -0.145. The lowest BCUT2D eigenvalue weighted by Crippen LogP contribution is -2.17. The van der Waals surface area contributed by atoms with Gasteiger partial charge in [-0.1, -0.05) is 26.2 Å². The topological polar surface area (TPSA) is 47.6 Å². The highest BCUT2D eigenvalue weighted by Gasteiger charge is 2.01. The van der Waals surface area contributed by atoms with Crippen molar-refractivity contribution in [3.05, 3.63) is 0 Å². The highest BCUT2D eigenvalue weighted by atomic mass is 16.6. The zero-order valence-electron chi connectivity index (χ0n) is 10.6. The second-order valence-corrected chi connectivity index (χ2v) is 3.75. The molecule has 0 heterocycles. The van der Waals surface area contributed by atoms with E-state index in [2.05, 4.69) is 12.2 Å². The predicted octanol–water partition coefficient (Wildman–Crippen LogP) is 1.74. The van der Waals surface area contributed by atoms with Crippen LogP contribution in [0.3, 0.4) is 0 Å². The summed E-state index contributed by atoms with van der Waals surface area (Å²) >= 11 is 0. The molecule has 0 aromatic rings. The van der Waals surface area contributed by atoms with Crippen LogP contribution in [0.4, 0.5) is 0 Å². The molecule has 0 fully saturated rings. The van der Waals surface area contributed by atoms with E-state index < -0.39 is 0 Å². The second-order valence-electron chi connectivity index (χ2n) is 3.75. The Morgan fingerprint density at radius 2 is 1.94 bits per heavy atom. The van der Waals surface area contributed by atoms with E-state index in [4.69, 9.17) is 9.47 Å². The van der Waals surface area contributed by atoms with Crippen molar-refractivity contribution in [1.29, 1.82) is 0 Å². The van der Waals surface area contributed by atoms with E-state index in [-0.39, 0.29) is 5.97 Å². The molecule has 16 heavy (non-hydrogen) atoms. The van der Waals surface area contributed by atoms with Crippen LogP contribution < -0.4 is 5.32 Å². The molecule has 0 rings (SSSR count). The van der Waals surface area contributed by atoms with E-state index in [1.54, 1.807) is 0 Å². The van der Waals surface area contributed by atoms with Crippen molar-refractivity contribution < 1.29 is 14.3 Å². The largest absolute Gasteiger partial charge is 0.463 e. The Labute approximate surface area is 98.7 Å². The smallest absolute Gasteiger partial charge is 0.305 e. The number of esters is 1. The maximum absolute atomic E-state index is 11.2. The van der Waals surface area contributed by atoms with Crippen molar-refractivity contribution >= 4 is 5.97 Å². The van der Waals surface area contributed by atoms with Crippen molar-refractivity contribution in [3.8, 4) is 0 Å². The van der Waals surface area contributed by atoms with Crippen LogP contribution in [-0.4, -0.2) is 39.4 Å². The van der Waals surface area contributed by atoms with Gasteiger partial charge in [0, 0.05) is 13.0 Å². The molecule has 0 aromatic carbocycles. The fourth-order valence-corrected chi connectivity index (χ4v) is 1.26. The average molecular weight is 231 g/mol. The Hall–Kier alpha value is -0.610. The molecular formula is C12H25NO3. The van der Waals surface area contributed by atoms with E-state index >= 15 is 0 Å². The molecule has 0 atom stereocenters. The van der Waals surface area contributed by atoms with Gasteiger partial charge in [-0.2, -0.15) is 0 Å². The number of hydrogen-bond donors (Lipinski definition) is 1. The molecule has 0 spiro atoms. The molecule has 0 unspecified atom stereocenters. The molecule has 0 radical (unpaired) electrons. The number of nitrogens with one attached hydrogen (secondary N) is 1. The number of rotatable bonds is 11. The van der Waals surface area contributed by atoms with Gasteiger partial charge in [-0.3, -0.25) is 4.79 Å². The first kappa shape index (κ1) is 15.4. The van der Waals surface area contributed by atoms with Gasteiger partial charge in [-0.25, -0.2) is 0 Å². The summed E-state index contributed by atoms with van der Waals surface area (Å²) in [6.45, 7) is 4.50. The first-order valence-corrected chi connectivity index (χ1v) is 6.19. The number of likely N-dealkylation sites (N-methyl/N-ethyl adjacent to an activating group) is 1. The Balaban J connectivity index is 3.11. The minimum atomic E-state index is -0.103. The maximum atomic E-state index is 11.2. The zero-order chi connectivity index (χ0) is 12.1. The monoisotopic (exact) mass is 231 g/mol. The first-order chi connectivity index (χ1) is 7.81. The molecule has 96 valence electrons. The Kier molecular flexibility index (Phi) is 12.0. The lowest BCUT2D eigenvalue weighted by Gasteiger charge is -2.05. The molecule has 0 aliphatic carbocycles. The number of hydrogen-bond acceptors (Lipinski definition) is 4. The van der Waals surface area contributed by atoms with Gasteiger partial charge >= 0.3 is 5.97 Å². The van der Waals surface area contributed by atoms with Crippen LogP contribution in [0.2, 0.25) is 0 Å². The van der Waals surface area contributed by atoms with E-state index in [0.29, 0.717) is 26.2 Å². The summed E-state index contributed by atoms with van der Waals surface area (Å²) in [6, 6.07) is 0. The summed E-state index contributed by atoms with van der Waals surface area (Å²) in [5, 5.41) is 2.97. The molecule has 4 heteroatoms. The number of unbranched alkanes of at least 4 members (excludes halogenated alkanes) is 3. The molecule has 0 aliphatic rings. The molecule has 0 bridgehead atoms. The summed E-state index contributed by atoms with van der Waals surface area (Å²) in [7, 11) is 1.87. The summed E-state index contributed by atoms with van der Waals surface area (Å²) in [5.74, 6) is -0.103. The van der Waals surface area contributed by atoms with Gasteiger partial charge in [0.15, 0.2) is 0 Å². The van der Waals surface area contributed by atoms with E-state index in [1.165, 1.54) is 12.8 Å². The van der Waals surface area contributed by atoms with Crippen LogP contribution in [0.25, 0.3) is 0 Å². The van der Waals surface area contributed by atoms with Gasteiger partial charge in [0.05, 0.1) is 13.2 Å². The molecule has 4 nitrogen and oxygen atoms in total. The highest BCUT2D eigenvalue weighted by Crippen LogP contribution is 2.03. The van der Waals surface area contributed by atoms with Crippen molar-refractivity contribution in [2.24, 2.45) is 0 Å². The van der Waals surface area contributed by atoms with Gasteiger partial charge in [0.25, 0.3) is 0 Å². The lowest BCUT2D eigenvalue weighted by atomic mass is 10.2. The Bertz CT molecular complexity index is 162. The predicted molar refractivity (Wildman–Crippen MR) is 64.5 cm³/mol. The molecule has 0 aliphatic heterocycles. The molecule has 0 saturated heterocycles. The molecular weight excluding hydrogens is 206 g/mol. The normalized spacial score (nSPS) is 10.4. The fourth-order valence-electron chi connectivity index (χ4n) is 1.26. The van der Waals surface area contributed by atoms with Crippen LogP contribution in [0.5, 0.6) is 0 Å². The number of carbonyl (C=O) groups is 1. The van der Waals surface area contributed by atoms with Crippen LogP contribution in [0, 0.1) is 0 Å². The number of ether oxygens (including phenoxy) is 2. The molecule has 1 N–H and O–H groups in total. The third kappa shape index (κ3) is 11.5. The average Bonchev–Trinajstić information content (AvgIpc) is 2.29. The third-order valence-corrected chi connectivity index (χ3v) is 2.22. The van der Waals surface area contributed by atoms with Crippen LogP contribution >= 0.6 is 0 Å². The summed E-state index contributed by atoms with van der Waals surface area (Å²) in [4.78, 5) is 11.2. The Morgan fingerprint density at radius 1 is 1.12 bits per heavy atom. The van der Waals surface area contributed by atoms with Gasteiger partial charge in [-0.05, 0) is 13.5 Å². The van der Waals surface area contributed by atoms with Crippen LogP contribution in [0.15, 0.2) is 0 Å². The summed E-state index contributed by atoms with van der Waals surface area (Å²) in [6.07, 6.45) is 4.98. The third-order valence-electron chi connectivity index (χ3n) is 2.22. The van der Waals surface area contributed by atoms with Crippen LogP contribution in [0.1, 0.15) is 39.0 Å². The highest BCUT2D eigenvalue weighted by molar-refractivity contribution is 5.69. The number of carbonyl (C=O) groups excluding carboxylic acids is 1. The van der Waals surface area contributed by atoms with Gasteiger partial charge in [0.1, 0.15) is 6.61 Å². The zero-order valence-corrected chi connectivity index (χ0v) is 10.6. The van der Waals surface area contributed by atoms with Crippen molar-refractivity contribution in [1.82, 2.24) is 5.32 Å². The van der Waals surface area contributed by atoms with E-state index in [0.717, 1.165) is 19.4 Å². The molecule has 0 aromatic heterocycles. The molecule has 0 saturated carbocycles. The second kappa shape index (κ2) is 12.5. The van der Waals surface area contributed by atoms with Gasteiger partial charge < -0.3 is 14.8 Å². The van der Waals surface area contributed by atoms with Gasteiger partial charge in [-0.15, -0.1) is 0 Å². The fraction of sp³-hybridized carbons (Fsp3) is 0.917. The standard InChI is InChI=1S/C12H25NO3/c1-3-4-5-6-7-12(14)16-11-10-15-9-8-13-2/h13H,3-11H2,1-2H3. The van der Waals surface area contributed by atoms with E-state index in [1.807, 2.05) is 7.05 Å². The minimum absolute atomic E-state index is 0.103. The van der Waals surface area contributed by atoms with Crippen molar-refractivity contribution in [3.63, 3.8) is 0 Å². The minimum Gasteiger partial charge on any atom is -0.463 e. The SMILES string of the molecule is CCCCCCC(=O)OCCOCCNC. The summed E-state index contributed by atoms with van der Waals surface area (Å²) < 4.78 is 10.2. The first-order valence-electron chi connectivity index (χ1n) is 6.19.